The van der Waals surface area contributed by atoms with Crippen molar-refractivity contribution in [1.82, 2.24) is 5.32 Å². The molecule has 0 unspecified atom stereocenters. The summed E-state index contributed by atoms with van der Waals surface area (Å²) in [6.45, 7) is -0.798. The van der Waals surface area contributed by atoms with Gasteiger partial charge < -0.3 is 21.5 Å². The summed E-state index contributed by atoms with van der Waals surface area (Å²) in [5.74, 6) is 4.61. The van der Waals surface area contributed by atoms with Gasteiger partial charge in [0.2, 0.25) is 5.91 Å². The van der Waals surface area contributed by atoms with Crippen molar-refractivity contribution >= 4 is 23.3 Å². The topological polar surface area (TPSA) is 122 Å². The van der Waals surface area contributed by atoms with Crippen molar-refractivity contribution in [2.45, 2.75) is 25.3 Å². The van der Waals surface area contributed by atoms with Crippen LogP contribution in [0.4, 0.5) is 10.1 Å². The maximum atomic E-state index is 13.7. The Bertz CT molecular complexity index is 1300. The summed E-state index contributed by atoms with van der Waals surface area (Å²) in [6, 6.07) is 19.2. The SMILES string of the molecule is NC[C@H](NC(=O)c1ccc(C#Cc2ccc(NC(=O)CCCc3ccccc3F)cc2)cc1)C(=O)CO. The zero-order valence-corrected chi connectivity index (χ0v) is 20.2. The fraction of sp³-hybridized carbons (Fsp3) is 0.207. The molecule has 0 spiro atoms. The number of anilines is 1. The number of hydrogen-bond acceptors (Lipinski definition) is 5. The fourth-order valence-corrected chi connectivity index (χ4v) is 3.47. The lowest BCUT2D eigenvalue weighted by Crippen LogP contribution is -2.46. The molecule has 0 fully saturated rings. The first kappa shape index (κ1) is 27.3. The van der Waals surface area contributed by atoms with E-state index in [2.05, 4.69) is 22.5 Å². The number of ketones is 1. The third kappa shape index (κ3) is 8.39. The predicted molar refractivity (Wildman–Crippen MR) is 139 cm³/mol. The minimum atomic E-state index is -0.941. The Labute approximate surface area is 214 Å². The number of aliphatic hydroxyl groups is 1. The molecule has 1 atom stereocenters. The molecule has 3 rings (SSSR count). The van der Waals surface area contributed by atoms with Crippen LogP contribution in [0.1, 0.15) is 39.9 Å². The molecule has 0 saturated heterocycles. The number of nitrogens with one attached hydrogen (secondary N) is 2. The lowest BCUT2D eigenvalue weighted by molar-refractivity contribution is -0.123. The Morgan fingerprint density at radius 3 is 2.14 bits per heavy atom. The van der Waals surface area contributed by atoms with Gasteiger partial charge >= 0.3 is 0 Å². The number of carbonyl (C=O) groups is 3. The Kier molecular flexibility index (Phi) is 10.1. The second-order valence-corrected chi connectivity index (χ2v) is 8.28. The molecule has 5 N–H and O–H groups in total. The molecule has 0 aliphatic rings. The molecular formula is C29H28FN3O4. The smallest absolute Gasteiger partial charge is 0.251 e. The van der Waals surface area contributed by atoms with Crippen LogP contribution in [0.3, 0.4) is 0 Å². The normalized spacial score (nSPS) is 11.1. The zero-order valence-electron chi connectivity index (χ0n) is 20.2. The molecule has 0 aliphatic carbocycles. The molecule has 8 heteroatoms. The molecule has 7 nitrogen and oxygen atoms in total. The number of rotatable bonds is 10. The summed E-state index contributed by atoms with van der Waals surface area (Å²) < 4.78 is 13.7. The van der Waals surface area contributed by atoms with Crippen LogP contribution in [0.15, 0.2) is 72.8 Å². The number of halogens is 1. The van der Waals surface area contributed by atoms with E-state index in [1.807, 2.05) is 0 Å². The van der Waals surface area contributed by atoms with Crippen LogP contribution in [0, 0.1) is 17.7 Å². The molecule has 3 aromatic rings. The Morgan fingerprint density at radius 1 is 0.919 bits per heavy atom. The first-order valence-electron chi connectivity index (χ1n) is 11.8. The van der Waals surface area contributed by atoms with Crippen LogP contribution < -0.4 is 16.4 Å². The molecule has 0 heterocycles. The first-order valence-corrected chi connectivity index (χ1v) is 11.8. The molecule has 0 aliphatic heterocycles. The zero-order chi connectivity index (χ0) is 26.6. The van der Waals surface area contributed by atoms with E-state index in [1.165, 1.54) is 6.07 Å². The number of benzene rings is 3. The van der Waals surface area contributed by atoms with Crippen molar-refractivity contribution in [1.29, 1.82) is 0 Å². The van der Waals surface area contributed by atoms with Crippen LogP contribution in [0.5, 0.6) is 0 Å². The lowest BCUT2D eigenvalue weighted by atomic mass is 10.1. The standard InChI is InChI=1S/C29H28FN3O4/c30-25-6-2-1-4-22(25)5-3-7-28(36)32-24-16-12-21(13-17-24)9-8-20-10-14-23(15-11-20)29(37)33-26(18-31)27(35)19-34/h1-2,4,6,10-17,26,34H,3,5,7,18-19,31H2,(H,32,36)(H,33,37)/t26-/m0/s1. The maximum absolute atomic E-state index is 13.7. The highest BCUT2D eigenvalue weighted by Crippen LogP contribution is 2.13. The molecular weight excluding hydrogens is 473 g/mol. The summed E-state index contributed by atoms with van der Waals surface area (Å²) in [5, 5.41) is 14.3. The maximum Gasteiger partial charge on any atom is 0.251 e. The van der Waals surface area contributed by atoms with Crippen LogP contribution in [0.2, 0.25) is 0 Å². The van der Waals surface area contributed by atoms with Crippen molar-refractivity contribution in [3.63, 3.8) is 0 Å². The van der Waals surface area contributed by atoms with Gasteiger partial charge in [0.05, 0.1) is 0 Å². The Morgan fingerprint density at radius 2 is 1.54 bits per heavy atom. The molecule has 0 aromatic heterocycles. The van der Waals surface area contributed by atoms with Crippen molar-refractivity contribution < 1.29 is 23.9 Å². The average Bonchev–Trinajstić information content (AvgIpc) is 2.92. The van der Waals surface area contributed by atoms with Gasteiger partial charge in [-0.3, -0.25) is 14.4 Å². The summed E-state index contributed by atoms with van der Waals surface area (Å²) >= 11 is 0. The second-order valence-electron chi connectivity index (χ2n) is 8.28. The molecule has 190 valence electrons. The minimum Gasteiger partial charge on any atom is -0.388 e. The summed E-state index contributed by atoms with van der Waals surface area (Å²) in [7, 11) is 0. The number of aliphatic hydroxyl groups excluding tert-OH is 1. The Balaban J connectivity index is 1.50. The highest BCUT2D eigenvalue weighted by Gasteiger charge is 2.18. The molecule has 0 bridgehead atoms. The van der Waals surface area contributed by atoms with E-state index in [0.29, 0.717) is 35.2 Å². The van der Waals surface area contributed by atoms with Crippen molar-refractivity contribution in [3.8, 4) is 11.8 Å². The van der Waals surface area contributed by atoms with Gasteiger partial charge in [-0.15, -0.1) is 0 Å². The van der Waals surface area contributed by atoms with Gasteiger partial charge in [-0.2, -0.15) is 0 Å². The summed E-state index contributed by atoms with van der Waals surface area (Å²) in [5.41, 5.74) is 8.49. The Hall–Kier alpha value is -4.32. The lowest BCUT2D eigenvalue weighted by Gasteiger charge is -2.14. The number of nitrogens with two attached hydrogens (primary N) is 1. The van der Waals surface area contributed by atoms with Gasteiger partial charge in [0.25, 0.3) is 5.91 Å². The monoisotopic (exact) mass is 501 g/mol. The van der Waals surface area contributed by atoms with Gasteiger partial charge in [0.1, 0.15) is 18.5 Å². The third-order valence-electron chi connectivity index (χ3n) is 5.56. The van der Waals surface area contributed by atoms with Crippen LogP contribution in [-0.2, 0) is 16.0 Å². The molecule has 2 amide bonds. The number of Topliss-reactive ketones (excluding diaryl/α,β-unsaturated/α-hetero) is 1. The van der Waals surface area contributed by atoms with Crippen molar-refractivity contribution in [3.05, 3.63) is 101 Å². The highest BCUT2D eigenvalue weighted by molar-refractivity contribution is 5.98. The van der Waals surface area contributed by atoms with E-state index >= 15 is 0 Å². The van der Waals surface area contributed by atoms with Gasteiger partial charge in [0, 0.05) is 35.3 Å². The van der Waals surface area contributed by atoms with E-state index in [-0.39, 0.29) is 24.7 Å². The highest BCUT2D eigenvalue weighted by atomic mass is 19.1. The van der Waals surface area contributed by atoms with Gasteiger partial charge in [-0.25, -0.2) is 4.39 Å². The van der Waals surface area contributed by atoms with E-state index in [0.717, 1.165) is 5.56 Å². The van der Waals surface area contributed by atoms with Gasteiger partial charge in [0.15, 0.2) is 5.78 Å². The third-order valence-corrected chi connectivity index (χ3v) is 5.56. The quantitative estimate of drug-likeness (QED) is 0.318. The number of hydrogen-bond donors (Lipinski definition) is 4. The molecule has 37 heavy (non-hydrogen) atoms. The van der Waals surface area contributed by atoms with Crippen LogP contribution in [-0.4, -0.2) is 41.9 Å². The summed E-state index contributed by atoms with van der Waals surface area (Å²) in [4.78, 5) is 36.0. The van der Waals surface area contributed by atoms with Crippen LogP contribution in [0.25, 0.3) is 0 Å². The minimum absolute atomic E-state index is 0.105. The summed E-state index contributed by atoms with van der Waals surface area (Å²) in [6.07, 6.45) is 1.33. The van der Waals surface area contributed by atoms with Gasteiger partial charge in [-0.1, -0.05) is 30.0 Å². The fourth-order valence-electron chi connectivity index (χ4n) is 3.47. The number of carbonyl (C=O) groups excluding carboxylic acids is 3. The number of amides is 2. The predicted octanol–water partition coefficient (Wildman–Crippen LogP) is 2.81. The van der Waals surface area contributed by atoms with Crippen molar-refractivity contribution in [2.24, 2.45) is 5.73 Å². The van der Waals surface area contributed by atoms with Gasteiger partial charge in [-0.05, 0) is 73.0 Å². The van der Waals surface area contributed by atoms with Crippen LogP contribution >= 0.6 is 0 Å². The van der Waals surface area contributed by atoms with E-state index < -0.39 is 24.3 Å². The first-order chi connectivity index (χ1) is 17.9. The molecule has 0 radical (unpaired) electrons. The van der Waals surface area contributed by atoms with E-state index in [1.54, 1.807) is 66.7 Å². The average molecular weight is 502 g/mol. The number of aryl methyl sites for hydroxylation is 1. The molecule has 0 saturated carbocycles. The van der Waals surface area contributed by atoms with Crippen molar-refractivity contribution in [2.75, 3.05) is 18.5 Å². The molecule has 3 aromatic carbocycles. The van der Waals surface area contributed by atoms with E-state index in [9.17, 15) is 18.8 Å². The second kappa shape index (κ2) is 13.7. The van der Waals surface area contributed by atoms with E-state index in [4.69, 9.17) is 10.8 Å². The largest absolute Gasteiger partial charge is 0.388 e.